The van der Waals surface area contributed by atoms with Gasteiger partial charge in [0.2, 0.25) is 5.52 Å². The van der Waals surface area contributed by atoms with Gasteiger partial charge in [0.05, 0.1) is 16.3 Å². The van der Waals surface area contributed by atoms with E-state index in [4.69, 9.17) is 11.6 Å². The van der Waals surface area contributed by atoms with Crippen LogP contribution in [0.5, 0.6) is 0 Å². The van der Waals surface area contributed by atoms with Gasteiger partial charge < -0.3 is 9.77 Å². The Bertz CT molecular complexity index is 988. The Labute approximate surface area is 120 Å². The summed E-state index contributed by atoms with van der Waals surface area (Å²) in [6.07, 6.45) is 1.64. The van der Waals surface area contributed by atoms with Crippen LogP contribution >= 0.6 is 11.6 Å². The lowest BCUT2D eigenvalue weighted by Crippen LogP contribution is -2.26. The van der Waals surface area contributed by atoms with E-state index in [9.17, 15) is 5.21 Å². The number of hydrogen-bond donors (Lipinski definition) is 0. The molecular formula is C16H11ClN2O. The van der Waals surface area contributed by atoms with Gasteiger partial charge in [0.25, 0.3) is 0 Å². The van der Waals surface area contributed by atoms with Gasteiger partial charge in [0, 0.05) is 29.0 Å². The van der Waals surface area contributed by atoms with Gasteiger partial charge in [-0.2, -0.15) is 4.73 Å². The lowest BCUT2D eigenvalue weighted by Gasteiger charge is -2.05. The molecule has 0 radical (unpaired) electrons. The summed E-state index contributed by atoms with van der Waals surface area (Å²) >= 11 is 6.00. The highest BCUT2D eigenvalue weighted by molar-refractivity contribution is 6.31. The number of para-hydroxylation sites is 1. The molecule has 4 aromatic rings. The SMILES string of the molecule is Cn1c2ccccc2c2c[n+]([O-])c3cc(Cl)ccc3c21. The second-order valence-electron chi connectivity index (χ2n) is 4.95. The molecule has 3 nitrogen and oxygen atoms in total. The molecule has 0 bridgehead atoms. The fourth-order valence-corrected chi connectivity index (χ4v) is 3.12. The molecule has 0 unspecified atom stereocenters. The van der Waals surface area contributed by atoms with E-state index in [1.807, 2.05) is 37.4 Å². The molecule has 0 atom stereocenters. The number of aromatic nitrogens is 2. The third-order valence-electron chi connectivity index (χ3n) is 3.84. The van der Waals surface area contributed by atoms with E-state index in [2.05, 4.69) is 10.6 Å². The summed E-state index contributed by atoms with van der Waals surface area (Å²) in [4.78, 5) is 0. The Morgan fingerprint density at radius 1 is 1.05 bits per heavy atom. The first-order valence-corrected chi connectivity index (χ1v) is 6.73. The van der Waals surface area contributed by atoms with E-state index in [0.29, 0.717) is 10.5 Å². The maximum atomic E-state index is 12.2. The number of pyridine rings is 1. The third-order valence-corrected chi connectivity index (χ3v) is 4.08. The molecule has 0 N–H and O–H groups in total. The van der Waals surface area contributed by atoms with Gasteiger partial charge in [-0.25, -0.2) is 0 Å². The van der Waals surface area contributed by atoms with Crippen LogP contribution in [0.2, 0.25) is 5.02 Å². The highest BCUT2D eigenvalue weighted by atomic mass is 35.5. The second-order valence-corrected chi connectivity index (χ2v) is 5.39. The van der Waals surface area contributed by atoms with Crippen molar-refractivity contribution >= 4 is 44.3 Å². The first-order valence-electron chi connectivity index (χ1n) is 6.35. The van der Waals surface area contributed by atoms with Crippen molar-refractivity contribution < 1.29 is 4.73 Å². The normalized spacial score (nSPS) is 11.7. The summed E-state index contributed by atoms with van der Waals surface area (Å²) in [5.41, 5.74) is 2.77. The van der Waals surface area contributed by atoms with E-state index in [0.717, 1.165) is 31.9 Å². The van der Waals surface area contributed by atoms with Gasteiger partial charge in [-0.15, -0.1) is 0 Å². The predicted molar refractivity (Wildman–Crippen MR) is 81.9 cm³/mol. The Morgan fingerprint density at radius 2 is 1.85 bits per heavy atom. The topological polar surface area (TPSA) is 31.9 Å². The Kier molecular flexibility index (Phi) is 2.24. The van der Waals surface area contributed by atoms with Crippen LogP contribution in [0.4, 0.5) is 0 Å². The zero-order chi connectivity index (χ0) is 13.9. The fourth-order valence-electron chi connectivity index (χ4n) is 2.95. The van der Waals surface area contributed by atoms with Gasteiger partial charge >= 0.3 is 0 Å². The van der Waals surface area contributed by atoms with E-state index in [1.165, 1.54) is 0 Å². The molecule has 0 aliphatic heterocycles. The van der Waals surface area contributed by atoms with Crippen LogP contribution in [0.15, 0.2) is 48.7 Å². The minimum Gasteiger partial charge on any atom is -0.618 e. The van der Waals surface area contributed by atoms with E-state index in [1.54, 1.807) is 12.3 Å². The standard InChI is InChI=1S/C16H11ClN2O/c1-18-14-5-3-2-4-11(14)13-9-19(20)15-8-10(17)6-7-12(15)16(13)18/h2-9H,1H3. The average molecular weight is 283 g/mol. The largest absolute Gasteiger partial charge is 0.618 e. The molecule has 0 spiro atoms. The van der Waals surface area contributed by atoms with Crippen molar-refractivity contribution in [1.29, 1.82) is 0 Å². The monoisotopic (exact) mass is 282 g/mol. The van der Waals surface area contributed by atoms with Crippen LogP contribution < -0.4 is 4.73 Å². The van der Waals surface area contributed by atoms with Crippen molar-refractivity contribution in [2.24, 2.45) is 7.05 Å². The molecule has 0 fully saturated rings. The average Bonchev–Trinajstić information content (AvgIpc) is 2.73. The highest BCUT2D eigenvalue weighted by Gasteiger charge is 2.16. The van der Waals surface area contributed by atoms with Gasteiger partial charge in [0.15, 0.2) is 6.20 Å². The zero-order valence-electron chi connectivity index (χ0n) is 10.8. The summed E-state index contributed by atoms with van der Waals surface area (Å²) in [6.45, 7) is 0. The van der Waals surface area contributed by atoms with Crippen molar-refractivity contribution in [3.63, 3.8) is 0 Å². The minimum atomic E-state index is 0.570. The van der Waals surface area contributed by atoms with Gasteiger partial charge in [-0.3, -0.25) is 0 Å². The summed E-state index contributed by atoms with van der Waals surface area (Å²) < 4.78 is 3.02. The number of aryl methyl sites for hydroxylation is 1. The summed E-state index contributed by atoms with van der Waals surface area (Å²) in [5.74, 6) is 0. The van der Waals surface area contributed by atoms with Gasteiger partial charge in [-0.1, -0.05) is 29.8 Å². The zero-order valence-corrected chi connectivity index (χ0v) is 11.6. The quantitative estimate of drug-likeness (QED) is 0.357. The first-order chi connectivity index (χ1) is 9.66. The first kappa shape index (κ1) is 11.6. The van der Waals surface area contributed by atoms with Crippen molar-refractivity contribution in [2.45, 2.75) is 0 Å². The molecule has 2 heterocycles. The Balaban J connectivity index is 2.37. The van der Waals surface area contributed by atoms with Crippen LogP contribution in [0, 0.1) is 5.21 Å². The van der Waals surface area contributed by atoms with Gasteiger partial charge in [0.1, 0.15) is 0 Å². The lowest BCUT2D eigenvalue weighted by molar-refractivity contribution is -0.575. The fraction of sp³-hybridized carbons (Fsp3) is 0.0625. The van der Waals surface area contributed by atoms with Crippen LogP contribution in [-0.2, 0) is 7.05 Å². The van der Waals surface area contributed by atoms with Crippen LogP contribution in [0.3, 0.4) is 0 Å². The summed E-state index contributed by atoms with van der Waals surface area (Å²) in [5, 5.41) is 15.8. The summed E-state index contributed by atoms with van der Waals surface area (Å²) in [6, 6.07) is 13.5. The molecule has 4 heteroatoms. The van der Waals surface area contributed by atoms with Crippen molar-refractivity contribution in [3.8, 4) is 0 Å². The molecule has 20 heavy (non-hydrogen) atoms. The minimum absolute atomic E-state index is 0.570. The van der Waals surface area contributed by atoms with E-state index >= 15 is 0 Å². The number of rotatable bonds is 0. The summed E-state index contributed by atoms with van der Waals surface area (Å²) in [7, 11) is 2.02. The smallest absolute Gasteiger partial charge is 0.227 e. The molecular weight excluding hydrogens is 272 g/mol. The van der Waals surface area contributed by atoms with Crippen LogP contribution in [0.25, 0.3) is 32.7 Å². The molecule has 0 amide bonds. The van der Waals surface area contributed by atoms with Crippen LogP contribution in [-0.4, -0.2) is 4.57 Å². The molecule has 2 aromatic heterocycles. The highest BCUT2D eigenvalue weighted by Crippen LogP contribution is 2.32. The molecule has 0 aliphatic rings. The molecule has 0 saturated carbocycles. The third kappa shape index (κ3) is 1.38. The van der Waals surface area contributed by atoms with E-state index < -0.39 is 0 Å². The lowest BCUT2D eigenvalue weighted by atomic mass is 10.1. The van der Waals surface area contributed by atoms with Gasteiger partial charge in [-0.05, 0) is 18.2 Å². The molecule has 98 valence electrons. The number of nitrogens with zero attached hydrogens (tertiary/aromatic N) is 2. The second kappa shape index (κ2) is 3.87. The molecule has 4 rings (SSSR count). The van der Waals surface area contributed by atoms with E-state index in [-0.39, 0.29) is 0 Å². The Hall–Kier alpha value is -2.26. The number of benzene rings is 2. The molecule has 0 saturated heterocycles. The number of fused-ring (bicyclic) bond motifs is 5. The maximum Gasteiger partial charge on any atom is 0.227 e. The van der Waals surface area contributed by atoms with Crippen LogP contribution in [0.1, 0.15) is 0 Å². The number of hydrogen-bond acceptors (Lipinski definition) is 1. The number of halogens is 1. The van der Waals surface area contributed by atoms with Crippen molar-refractivity contribution in [3.05, 3.63) is 58.9 Å². The maximum absolute atomic E-state index is 12.2. The van der Waals surface area contributed by atoms with Crippen molar-refractivity contribution in [1.82, 2.24) is 4.57 Å². The van der Waals surface area contributed by atoms with Crippen molar-refractivity contribution in [2.75, 3.05) is 0 Å². The molecule has 0 aliphatic carbocycles. The Morgan fingerprint density at radius 3 is 2.70 bits per heavy atom. The predicted octanol–water partition coefficient (Wildman–Crippen LogP) is 3.77. The molecule has 2 aromatic carbocycles.